The number of nitrogens with zero attached hydrogens (tertiary/aromatic N) is 6. The van der Waals surface area contributed by atoms with Crippen molar-refractivity contribution < 1.29 is 0 Å². The Morgan fingerprint density at radius 2 is 2.13 bits per heavy atom. The normalized spacial score (nSPS) is 19.9. The van der Waals surface area contributed by atoms with E-state index in [0.717, 1.165) is 57.8 Å². The van der Waals surface area contributed by atoms with Crippen LogP contribution in [0.25, 0.3) is 27.4 Å². The van der Waals surface area contributed by atoms with Crippen molar-refractivity contribution in [3.8, 4) is 17.4 Å². The molecule has 31 heavy (non-hydrogen) atoms. The van der Waals surface area contributed by atoms with Crippen LogP contribution in [0.3, 0.4) is 0 Å². The third kappa shape index (κ3) is 3.23. The summed E-state index contributed by atoms with van der Waals surface area (Å²) in [7, 11) is 0. The molecule has 0 N–H and O–H groups in total. The van der Waals surface area contributed by atoms with E-state index < -0.39 is 0 Å². The molecule has 4 aromatic heterocycles. The number of fused-ring (bicyclic) bond motifs is 2. The first kappa shape index (κ1) is 18.9. The molecule has 6 rings (SSSR count). The van der Waals surface area contributed by atoms with Gasteiger partial charge in [0.25, 0.3) is 6.71 Å². The van der Waals surface area contributed by atoms with Crippen LogP contribution in [-0.2, 0) is 6.42 Å². The summed E-state index contributed by atoms with van der Waals surface area (Å²) >= 11 is 1.75. The highest BCUT2D eigenvalue weighted by Crippen LogP contribution is 2.64. The second-order valence-electron chi connectivity index (χ2n) is 9.42. The number of imidazole rings is 1. The van der Waals surface area contributed by atoms with Crippen LogP contribution >= 0.6 is 11.3 Å². The average Bonchev–Trinajstić information content (AvgIpc) is 3.21. The molecule has 4 aromatic rings. The van der Waals surface area contributed by atoms with Gasteiger partial charge in [-0.1, -0.05) is 25.6 Å². The number of rotatable bonds is 3. The summed E-state index contributed by atoms with van der Waals surface area (Å²) in [6, 6.07) is 4.24. The van der Waals surface area contributed by atoms with Crippen LogP contribution in [0.5, 0.6) is 0 Å². The molecule has 1 aliphatic heterocycles. The van der Waals surface area contributed by atoms with Crippen LogP contribution in [0.1, 0.15) is 41.8 Å². The molecular weight excluding hydrogens is 403 g/mol. The molecule has 2 aliphatic rings. The minimum absolute atomic E-state index is 0.282. The van der Waals surface area contributed by atoms with E-state index in [9.17, 15) is 5.26 Å². The lowest BCUT2D eigenvalue weighted by molar-refractivity contribution is 0.423. The summed E-state index contributed by atoms with van der Waals surface area (Å²) in [5.74, 6) is 3.25. The molecule has 0 bridgehead atoms. The van der Waals surface area contributed by atoms with Gasteiger partial charge in [0.05, 0.1) is 18.1 Å². The summed E-state index contributed by atoms with van der Waals surface area (Å²) in [6.07, 6.45) is 10.8. The van der Waals surface area contributed by atoms with Gasteiger partial charge in [-0.05, 0) is 55.6 Å². The summed E-state index contributed by atoms with van der Waals surface area (Å²) in [5.41, 5.74) is 5.49. The molecule has 8 heteroatoms. The van der Waals surface area contributed by atoms with Gasteiger partial charge in [-0.15, -0.1) is 11.3 Å². The molecule has 1 aliphatic carbocycles. The van der Waals surface area contributed by atoms with E-state index in [-0.39, 0.29) is 6.71 Å². The number of thiophene rings is 1. The quantitative estimate of drug-likeness (QED) is 0.428. The topological polar surface area (TPSA) is 79.8 Å². The van der Waals surface area contributed by atoms with Crippen molar-refractivity contribution >= 4 is 34.0 Å². The van der Waals surface area contributed by atoms with E-state index in [4.69, 9.17) is 15.1 Å². The maximum absolute atomic E-state index is 9.46. The smallest absolute Gasteiger partial charge is 0.251 e. The molecule has 1 saturated carbocycles. The predicted octanol–water partition coefficient (Wildman–Crippen LogP) is 5.06. The Bertz CT molecular complexity index is 1360. The van der Waals surface area contributed by atoms with Crippen molar-refractivity contribution in [1.82, 2.24) is 24.6 Å². The molecule has 1 spiro atoms. The van der Waals surface area contributed by atoms with Gasteiger partial charge in [-0.3, -0.25) is 4.98 Å². The monoisotopic (exact) mass is 426 g/mol. The van der Waals surface area contributed by atoms with Crippen LogP contribution in [0.4, 0.5) is 0 Å². The van der Waals surface area contributed by atoms with Crippen LogP contribution in [0.15, 0.2) is 24.5 Å². The zero-order chi connectivity index (χ0) is 21.2. The third-order valence-corrected chi connectivity index (χ3v) is 8.16. The minimum atomic E-state index is 0.282. The van der Waals surface area contributed by atoms with Crippen molar-refractivity contribution in [2.75, 3.05) is 0 Å². The fraction of sp³-hybridized carbons (Fsp3) is 0.435. The number of hydrogen-bond donors (Lipinski definition) is 0. The van der Waals surface area contributed by atoms with Crippen molar-refractivity contribution in [1.29, 1.82) is 5.26 Å². The fourth-order valence-electron chi connectivity index (χ4n) is 5.36. The molecule has 154 valence electrons. The largest absolute Gasteiger partial charge is 0.274 e. The first-order chi connectivity index (χ1) is 15.0. The second-order valence-corrected chi connectivity index (χ2v) is 10.5. The average molecular weight is 426 g/mol. The fourth-order valence-corrected chi connectivity index (χ4v) is 6.46. The minimum Gasteiger partial charge on any atom is -0.251 e. The third-order valence-electron chi connectivity index (χ3n) is 7.12. The number of hydrogen-bond acceptors (Lipinski definition) is 6. The summed E-state index contributed by atoms with van der Waals surface area (Å²) < 4.78 is 1.83. The van der Waals surface area contributed by atoms with Crippen molar-refractivity contribution in [2.45, 2.75) is 57.6 Å². The molecule has 0 amide bonds. The molecule has 0 radical (unpaired) electrons. The van der Waals surface area contributed by atoms with Gasteiger partial charge in [-0.2, -0.15) is 5.10 Å². The van der Waals surface area contributed by atoms with Gasteiger partial charge in [-0.25, -0.2) is 19.7 Å². The Kier molecular flexibility index (Phi) is 4.19. The van der Waals surface area contributed by atoms with Gasteiger partial charge >= 0.3 is 0 Å². The standard InChI is InChI=1S/C23H23BN6S/c1-14-7-18(29-30-12-15(2)27-21(14)30)20-11-26-19-9-17(31-22(19)28-20)8-16-3-6-24(13-25)23(10-16)4-5-23/h7,9,11-12,16H,3-6,8,10H2,1-2H3. The van der Waals surface area contributed by atoms with Crippen molar-refractivity contribution in [3.63, 3.8) is 0 Å². The molecule has 0 aromatic carbocycles. The maximum atomic E-state index is 9.46. The number of aryl methyl sites for hydroxylation is 2. The van der Waals surface area contributed by atoms with Crippen LogP contribution in [0.2, 0.25) is 11.6 Å². The Morgan fingerprint density at radius 1 is 1.26 bits per heavy atom. The molecule has 1 unspecified atom stereocenters. The molecule has 5 heterocycles. The number of aromatic nitrogens is 5. The highest BCUT2D eigenvalue weighted by atomic mass is 32.1. The van der Waals surface area contributed by atoms with Crippen LogP contribution in [-0.4, -0.2) is 31.3 Å². The molecule has 6 nitrogen and oxygen atoms in total. The Balaban J connectivity index is 1.27. The zero-order valence-corrected chi connectivity index (χ0v) is 18.6. The van der Waals surface area contributed by atoms with Crippen molar-refractivity contribution in [2.24, 2.45) is 5.92 Å². The van der Waals surface area contributed by atoms with E-state index in [0.29, 0.717) is 11.2 Å². The highest BCUT2D eigenvalue weighted by molar-refractivity contribution is 7.18. The lowest BCUT2D eigenvalue weighted by Crippen LogP contribution is -2.29. The Labute approximate surface area is 185 Å². The van der Waals surface area contributed by atoms with E-state index in [1.165, 1.54) is 24.1 Å². The van der Waals surface area contributed by atoms with E-state index in [2.05, 4.69) is 23.9 Å². The van der Waals surface area contributed by atoms with Crippen LogP contribution in [0, 0.1) is 31.0 Å². The zero-order valence-electron chi connectivity index (χ0n) is 17.8. The molecule has 1 atom stereocenters. The predicted molar refractivity (Wildman–Crippen MR) is 123 cm³/mol. The molecule has 2 fully saturated rings. The SMILES string of the molecule is Cc1cn2nc(-c3cnc4cc(CC5CCB(C#N)C6(CC6)C5)sc4n3)cc(C)c2n1. The lowest BCUT2D eigenvalue weighted by Gasteiger charge is -2.30. The maximum Gasteiger partial charge on any atom is 0.274 e. The highest BCUT2D eigenvalue weighted by Gasteiger charge is 2.54. The second kappa shape index (κ2) is 6.86. The van der Waals surface area contributed by atoms with Gasteiger partial charge in [0.15, 0.2) is 5.65 Å². The Hall–Kier alpha value is -2.79. The van der Waals surface area contributed by atoms with Gasteiger partial charge in [0, 0.05) is 10.8 Å². The first-order valence-electron chi connectivity index (χ1n) is 11.0. The van der Waals surface area contributed by atoms with E-state index in [1.54, 1.807) is 11.3 Å². The summed E-state index contributed by atoms with van der Waals surface area (Å²) in [4.78, 5) is 16.4. The Morgan fingerprint density at radius 3 is 2.94 bits per heavy atom. The molecule has 1 saturated heterocycles. The number of nitriles is 1. The van der Waals surface area contributed by atoms with Crippen LogP contribution < -0.4 is 0 Å². The van der Waals surface area contributed by atoms with Gasteiger partial charge in [0.2, 0.25) is 0 Å². The molecular formula is C23H23BN6S. The van der Waals surface area contributed by atoms with E-state index in [1.807, 2.05) is 29.9 Å². The summed E-state index contributed by atoms with van der Waals surface area (Å²) in [6.45, 7) is 4.31. The van der Waals surface area contributed by atoms with Gasteiger partial charge < -0.3 is 0 Å². The first-order valence-corrected chi connectivity index (χ1v) is 11.8. The van der Waals surface area contributed by atoms with Gasteiger partial charge in [0.1, 0.15) is 21.7 Å². The van der Waals surface area contributed by atoms with Crippen molar-refractivity contribution in [3.05, 3.63) is 40.7 Å². The summed E-state index contributed by atoms with van der Waals surface area (Å²) in [5, 5.41) is 14.5. The van der Waals surface area contributed by atoms with E-state index >= 15 is 0 Å². The lowest BCUT2D eigenvalue weighted by atomic mass is 9.33.